The quantitative estimate of drug-likeness (QED) is 0.463. The SMILES string of the molecule is COc1cncc([C@H]2[C@H](c3ccccc3)[C@@H](c3cncc(C)n3)[C@H]2c2ccccc2)n1. The third-order valence-electron chi connectivity index (χ3n) is 6.21. The minimum atomic E-state index is 0.153. The second-order valence-electron chi connectivity index (χ2n) is 8.00. The molecule has 2 heterocycles. The van der Waals surface area contributed by atoms with Crippen LogP contribution in [0.2, 0.25) is 0 Å². The highest BCUT2D eigenvalue weighted by atomic mass is 16.5. The first kappa shape index (κ1) is 19.4. The Labute approximate surface area is 182 Å². The van der Waals surface area contributed by atoms with Gasteiger partial charge in [-0.1, -0.05) is 60.7 Å². The Kier molecular flexibility index (Phi) is 5.16. The van der Waals surface area contributed by atoms with Gasteiger partial charge in [-0.3, -0.25) is 15.0 Å². The summed E-state index contributed by atoms with van der Waals surface area (Å²) in [6, 6.07) is 21.3. The lowest BCUT2D eigenvalue weighted by Crippen LogP contribution is -2.41. The van der Waals surface area contributed by atoms with Crippen LogP contribution in [-0.2, 0) is 0 Å². The lowest BCUT2D eigenvalue weighted by Gasteiger charge is -2.52. The molecular weight excluding hydrogens is 384 g/mol. The van der Waals surface area contributed by atoms with Gasteiger partial charge in [0.25, 0.3) is 0 Å². The van der Waals surface area contributed by atoms with Crippen LogP contribution in [0.25, 0.3) is 0 Å². The first-order chi connectivity index (χ1) is 15.3. The van der Waals surface area contributed by atoms with E-state index in [1.54, 1.807) is 13.3 Å². The number of benzene rings is 2. The van der Waals surface area contributed by atoms with Crippen molar-refractivity contribution in [1.82, 2.24) is 19.9 Å². The van der Waals surface area contributed by atoms with Gasteiger partial charge >= 0.3 is 0 Å². The zero-order valence-electron chi connectivity index (χ0n) is 17.6. The number of rotatable bonds is 5. The molecule has 2 aromatic heterocycles. The van der Waals surface area contributed by atoms with Gasteiger partial charge in [-0.25, -0.2) is 4.98 Å². The molecule has 4 aromatic rings. The fourth-order valence-corrected chi connectivity index (χ4v) is 4.93. The molecule has 5 rings (SSSR count). The molecular formula is C26H24N4O. The molecule has 0 unspecified atom stereocenters. The molecule has 0 saturated heterocycles. The van der Waals surface area contributed by atoms with Crippen LogP contribution in [0.1, 0.15) is 51.9 Å². The molecule has 31 heavy (non-hydrogen) atoms. The predicted octanol–water partition coefficient (Wildman–Crippen LogP) is 5.03. The maximum Gasteiger partial charge on any atom is 0.232 e. The molecule has 0 spiro atoms. The molecule has 0 bridgehead atoms. The van der Waals surface area contributed by atoms with E-state index in [9.17, 15) is 0 Å². The Balaban J connectivity index is 1.69. The maximum atomic E-state index is 5.39. The van der Waals surface area contributed by atoms with Crippen molar-refractivity contribution in [3.05, 3.63) is 114 Å². The molecule has 1 aliphatic rings. The van der Waals surface area contributed by atoms with Crippen molar-refractivity contribution in [2.75, 3.05) is 7.11 Å². The molecule has 0 radical (unpaired) electrons. The van der Waals surface area contributed by atoms with Gasteiger partial charge in [0.15, 0.2) is 0 Å². The third kappa shape index (κ3) is 3.56. The summed E-state index contributed by atoms with van der Waals surface area (Å²) in [4.78, 5) is 18.5. The molecule has 0 aliphatic heterocycles. The van der Waals surface area contributed by atoms with Crippen LogP contribution >= 0.6 is 0 Å². The summed E-state index contributed by atoms with van der Waals surface area (Å²) in [7, 11) is 1.63. The highest BCUT2D eigenvalue weighted by molar-refractivity contribution is 5.45. The van der Waals surface area contributed by atoms with Crippen LogP contribution in [0, 0.1) is 6.92 Å². The van der Waals surface area contributed by atoms with Gasteiger partial charge in [-0.05, 0) is 18.1 Å². The van der Waals surface area contributed by atoms with Crippen molar-refractivity contribution < 1.29 is 4.74 Å². The number of hydrogen-bond acceptors (Lipinski definition) is 5. The highest BCUT2D eigenvalue weighted by Crippen LogP contribution is 2.65. The van der Waals surface area contributed by atoms with E-state index in [2.05, 4.69) is 70.6 Å². The van der Waals surface area contributed by atoms with Crippen LogP contribution in [-0.4, -0.2) is 27.0 Å². The number of nitrogens with zero attached hydrogens (tertiary/aromatic N) is 4. The molecule has 2 aromatic carbocycles. The minimum absolute atomic E-state index is 0.153. The van der Waals surface area contributed by atoms with E-state index in [1.165, 1.54) is 11.1 Å². The smallest absolute Gasteiger partial charge is 0.232 e. The van der Waals surface area contributed by atoms with Crippen LogP contribution in [0.15, 0.2) is 85.5 Å². The van der Waals surface area contributed by atoms with E-state index in [-0.39, 0.29) is 23.7 Å². The van der Waals surface area contributed by atoms with E-state index < -0.39 is 0 Å². The number of ether oxygens (including phenoxy) is 1. The standard InChI is InChI=1S/C26H24N4O/c1-17-13-27-14-20(29-17)25-23(18-9-5-3-6-10-18)26(21-15-28-16-22(30-21)31-2)24(25)19-11-7-4-8-12-19/h3-16,23-26H,1-2H3/t23-,24-,25-,26+/m1/s1. The molecule has 154 valence electrons. The van der Waals surface area contributed by atoms with Crippen LogP contribution in [0.3, 0.4) is 0 Å². The third-order valence-corrected chi connectivity index (χ3v) is 6.21. The van der Waals surface area contributed by atoms with Crippen LogP contribution < -0.4 is 4.74 Å². The summed E-state index contributed by atoms with van der Waals surface area (Å²) in [5.41, 5.74) is 5.45. The molecule has 1 aliphatic carbocycles. The van der Waals surface area contributed by atoms with Gasteiger partial charge in [0.05, 0.1) is 30.4 Å². The average Bonchev–Trinajstić information content (AvgIpc) is 2.80. The minimum Gasteiger partial charge on any atom is -0.480 e. The largest absolute Gasteiger partial charge is 0.480 e. The molecule has 2 atom stereocenters. The Morgan fingerprint density at radius 2 is 1.13 bits per heavy atom. The maximum absolute atomic E-state index is 5.39. The summed E-state index contributed by atoms with van der Waals surface area (Å²) in [6.07, 6.45) is 7.25. The Bertz CT molecular complexity index is 1120. The number of hydrogen-bond donors (Lipinski definition) is 0. The van der Waals surface area contributed by atoms with Gasteiger partial charge in [0, 0.05) is 42.3 Å². The molecule has 0 N–H and O–H groups in total. The van der Waals surface area contributed by atoms with Crippen molar-refractivity contribution in [2.24, 2.45) is 0 Å². The Morgan fingerprint density at radius 3 is 1.65 bits per heavy atom. The number of aryl methyl sites for hydroxylation is 1. The van der Waals surface area contributed by atoms with Crippen molar-refractivity contribution in [3.63, 3.8) is 0 Å². The summed E-state index contributed by atoms with van der Waals surface area (Å²) >= 11 is 0. The second-order valence-corrected chi connectivity index (χ2v) is 8.00. The monoisotopic (exact) mass is 408 g/mol. The Hall–Kier alpha value is -3.60. The summed E-state index contributed by atoms with van der Waals surface area (Å²) < 4.78 is 5.39. The Morgan fingerprint density at radius 1 is 0.613 bits per heavy atom. The summed E-state index contributed by atoms with van der Waals surface area (Å²) in [5.74, 6) is 1.30. The zero-order chi connectivity index (χ0) is 21.2. The molecule has 5 heteroatoms. The van der Waals surface area contributed by atoms with Gasteiger partial charge < -0.3 is 4.74 Å². The van der Waals surface area contributed by atoms with Crippen molar-refractivity contribution in [2.45, 2.75) is 30.6 Å². The van der Waals surface area contributed by atoms with Crippen LogP contribution in [0.5, 0.6) is 5.88 Å². The molecule has 5 nitrogen and oxygen atoms in total. The van der Waals surface area contributed by atoms with E-state index in [1.807, 2.05) is 25.5 Å². The highest BCUT2D eigenvalue weighted by Gasteiger charge is 2.54. The van der Waals surface area contributed by atoms with E-state index >= 15 is 0 Å². The zero-order valence-corrected chi connectivity index (χ0v) is 17.6. The van der Waals surface area contributed by atoms with E-state index in [0.717, 1.165) is 17.1 Å². The van der Waals surface area contributed by atoms with Crippen molar-refractivity contribution >= 4 is 0 Å². The van der Waals surface area contributed by atoms with Crippen LogP contribution in [0.4, 0.5) is 0 Å². The summed E-state index contributed by atoms with van der Waals surface area (Å²) in [5, 5.41) is 0. The summed E-state index contributed by atoms with van der Waals surface area (Å²) in [6.45, 7) is 2.00. The first-order valence-corrected chi connectivity index (χ1v) is 10.5. The second kappa shape index (κ2) is 8.26. The van der Waals surface area contributed by atoms with E-state index in [0.29, 0.717) is 5.88 Å². The normalized spacial score (nSPS) is 22.5. The topological polar surface area (TPSA) is 60.8 Å². The fourth-order valence-electron chi connectivity index (χ4n) is 4.93. The lowest BCUT2D eigenvalue weighted by atomic mass is 9.51. The molecule has 1 fully saturated rings. The van der Waals surface area contributed by atoms with Gasteiger partial charge in [-0.2, -0.15) is 0 Å². The first-order valence-electron chi connectivity index (χ1n) is 10.5. The van der Waals surface area contributed by atoms with Crippen molar-refractivity contribution in [1.29, 1.82) is 0 Å². The van der Waals surface area contributed by atoms with Crippen molar-refractivity contribution in [3.8, 4) is 5.88 Å². The lowest BCUT2D eigenvalue weighted by molar-refractivity contribution is 0.217. The molecule has 1 saturated carbocycles. The number of aromatic nitrogens is 4. The predicted molar refractivity (Wildman–Crippen MR) is 119 cm³/mol. The molecule has 0 amide bonds. The fraction of sp³-hybridized carbons (Fsp3) is 0.231. The average molecular weight is 409 g/mol. The van der Waals surface area contributed by atoms with E-state index in [4.69, 9.17) is 14.7 Å². The van der Waals surface area contributed by atoms with Gasteiger partial charge in [0.1, 0.15) is 0 Å². The number of methoxy groups -OCH3 is 1. The van der Waals surface area contributed by atoms with Gasteiger partial charge in [-0.15, -0.1) is 0 Å². The van der Waals surface area contributed by atoms with Gasteiger partial charge in [0.2, 0.25) is 5.88 Å².